The zero-order valence-corrected chi connectivity index (χ0v) is 43.7. The van der Waals surface area contributed by atoms with Crippen LogP contribution in [0.4, 0.5) is 0 Å². The lowest BCUT2D eigenvalue weighted by Gasteiger charge is -2.34. The normalized spacial score (nSPS) is 14.9. The molecule has 0 aliphatic heterocycles. The number of methoxy groups -OCH3 is 2. The summed E-state index contributed by atoms with van der Waals surface area (Å²) in [5, 5.41) is 17.1. The molecular formula is C50H86N6O11. The first-order chi connectivity index (χ1) is 30.9. The number of rotatable bonds is 27. The Morgan fingerprint density at radius 1 is 0.642 bits per heavy atom. The van der Waals surface area contributed by atoms with Gasteiger partial charge in [0, 0.05) is 27.1 Å². The zero-order valence-electron chi connectivity index (χ0n) is 43.7. The van der Waals surface area contributed by atoms with Crippen LogP contribution in [0.1, 0.15) is 147 Å². The summed E-state index contributed by atoms with van der Waals surface area (Å²) in [6.45, 7) is 26.9. The number of nitrogens with one attached hydrogen (secondary N) is 6. The summed E-state index contributed by atoms with van der Waals surface area (Å²) in [7, 11) is 3.00. The highest BCUT2D eigenvalue weighted by atomic mass is 16.7. The molecule has 0 aliphatic rings. The van der Waals surface area contributed by atoms with Gasteiger partial charge in [0.15, 0.2) is 6.29 Å². The predicted octanol–water partition coefficient (Wildman–Crippen LogP) is 4.94. The minimum atomic E-state index is -1.25. The fourth-order valence-corrected chi connectivity index (χ4v) is 6.99. The van der Waals surface area contributed by atoms with E-state index in [0.29, 0.717) is 12.8 Å². The van der Waals surface area contributed by atoms with Crippen molar-refractivity contribution in [2.75, 3.05) is 20.8 Å². The number of hydrogen-bond donors (Lipinski definition) is 6. The van der Waals surface area contributed by atoms with E-state index in [0.717, 1.165) is 24.0 Å². The van der Waals surface area contributed by atoms with Gasteiger partial charge < -0.3 is 50.8 Å². The summed E-state index contributed by atoms with van der Waals surface area (Å²) >= 11 is 0. The molecule has 0 spiro atoms. The van der Waals surface area contributed by atoms with E-state index >= 15 is 0 Å². The fraction of sp³-hybridized carbons (Fsp3) is 0.740. The maximum atomic E-state index is 14.6. The van der Waals surface area contributed by atoms with Gasteiger partial charge in [-0.1, -0.05) is 92.5 Å². The first-order valence-electron chi connectivity index (χ1n) is 23.7. The molecule has 1 unspecified atom stereocenters. The number of ether oxygens (including phenoxy) is 4. The predicted molar refractivity (Wildman–Crippen MR) is 258 cm³/mol. The number of hydrogen-bond acceptors (Lipinski definition) is 11. The van der Waals surface area contributed by atoms with Crippen molar-refractivity contribution >= 4 is 41.4 Å². The summed E-state index contributed by atoms with van der Waals surface area (Å²) < 4.78 is 22.2. The van der Waals surface area contributed by atoms with Gasteiger partial charge in [0.05, 0.1) is 24.7 Å². The third-order valence-corrected chi connectivity index (χ3v) is 10.6. The summed E-state index contributed by atoms with van der Waals surface area (Å²) in [5.74, 6) is -4.73. The third kappa shape index (κ3) is 23.3. The van der Waals surface area contributed by atoms with Crippen LogP contribution in [0.3, 0.4) is 0 Å². The minimum absolute atomic E-state index is 0.0123. The zero-order chi connectivity index (χ0) is 51.4. The second-order valence-corrected chi connectivity index (χ2v) is 21.1. The Bertz CT molecular complexity index is 1760. The number of esters is 1. The van der Waals surface area contributed by atoms with Gasteiger partial charge >= 0.3 is 5.97 Å². The van der Waals surface area contributed by atoms with Crippen LogP contribution in [0.25, 0.3) is 0 Å². The van der Waals surface area contributed by atoms with Crippen LogP contribution in [0.15, 0.2) is 24.3 Å². The van der Waals surface area contributed by atoms with Crippen molar-refractivity contribution in [3.8, 4) is 0 Å². The Morgan fingerprint density at radius 2 is 1.21 bits per heavy atom. The van der Waals surface area contributed by atoms with Crippen molar-refractivity contribution < 1.29 is 52.5 Å². The third-order valence-electron chi connectivity index (χ3n) is 10.6. The van der Waals surface area contributed by atoms with Gasteiger partial charge in [0.25, 0.3) is 0 Å². The Hall–Kier alpha value is -4.61. The highest BCUT2D eigenvalue weighted by molar-refractivity contribution is 5.97. The Labute approximate surface area is 400 Å². The smallest absolute Gasteiger partial charge is 0.306 e. The van der Waals surface area contributed by atoms with Gasteiger partial charge in [0.2, 0.25) is 35.4 Å². The Balaban J connectivity index is 3.53. The largest absolute Gasteiger partial charge is 0.460 e. The molecule has 0 aromatic heterocycles. The summed E-state index contributed by atoms with van der Waals surface area (Å²) in [6.07, 6.45) is 1.46. The molecule has 0 radical (unpaired) electrons. The Kier molecular flexibility index (Phi) is 25.3. The van der Waals surface area contributed by atoms with Crippen LogP contribution in [0.5, 0.6) is 0 Å². The van der Waals surface area contributed by atoms with Crippen LogP contribution in [-0.4, -0.2) is 116 Å². The summed E-state index contributed by atoms with van der Waals surface area (Å²) in [6, 6.07) is 1.12. The molecule has 382 valence electrons. The molecule has 0 saturated carbocycles. The number of amides is 6. The van der Waals surface area contributed by atoms with Gasteiger partial charge in [-0.05, 0) is 89.7 Å². The maximum Gasteiger partial charge on any atom is 0.306 e. The highest BCUT2D eigenvalue weighted by Gasteiger charge is 2.39. The molecule has 0 saturated heterocycles. The molecule has 0 bridgehead atoms. The maximum absolute atomic E-state index is 14.6. The standard InChI is InChI=1S/C50H86N6O11/c1-18-19-24-34(47(64-16)65-17)52-42(59)35(27-30(2)3)54-46(63)41(48(7,8)9)56-43(60)36(28-33-23-21-20-22-32(33)6)53-45(62)40(31(4)5)55-44(61)37(29-66-49(10,11)12)51-38(57)25-26-39(58)67-50(13,14)15/h20-23,30-31,34-37,40-41,47H,18-19,24-29H2,1-17H3,(H,51,57)(H,52,59)(H,53,62)(H,54,63)(H,55,61)(H,56,60)/t34?,35-,36-,37-,40+,41+/m0/s1. The van der Waals surface area contributed by atoms with E-state index in [9.17, 15) is 33.6 Å². The molecule has 1 aromatic carbocycles. The van der Waals surface area contributed by atoms with E-state index in [1.165, 1.54) is 14.2 Å². The van der Waals surface area contributed by atoms with Crippen molar-refractivity contribution in [3.05, 3.63) is 35.4 Å². The summed E-state index contributed by atoms with van der Waals surface area (Å²) in [5.41, 5.74) is -0.674. The highest BCUT2D eigenvalue weighted by Crippen LogP contribution is 2.22. The summed E-state index contributed by atoms with van der Waals surface area (Å²) in [4.78, 5) is 96.5. The van der Waals surface area contributed by atoms with E-state index in [1.54, 1.807) is 76.2 Å². The average Bonchev–Trinajstić information content (AvgIpc) is 3.20. The molecule has 6 atom stereocenters. The number of carbonyl (C=O) groups is 7. The molecule has 0 fully saturated rings. The first-order valence-corrected chi connectivity index (χ1v) is 23.7. The monoisotopic (exact) mass is 947 g/mol. The van der Waals surface area contributed by atoms with E-state index in [-0.39, 0.29) is 31.8 Å². The second kappa shape index (κ2) is 28.0. The lowest BCUT2D eigenvalue weighted by Crippen LogP contribution is -2.63. The molecule has 6 amide bonds. The van der Waals surface area contributed by atoms with Crippen LogP contribution < -0.4 is 31.9 Å². The van der Waals surface area contributed by atoms with Crippen molar-refractivity contribution in [1.82, 2.24) is 31.9 Å². The SMILES string of the molecule is CCCCC(NC(=O)[C@H](CC(C)C)NC(=O)[C@@H](NC(=O)[C@H](Cc1ccccc1C)NC(=O)[C@H](NC(=O)[C@H](COC(C)(C)C)NC(=O)CCC(=O)OC(C)(C)C)C(C)C)C(C)(C)C)C(OC)OC. The molecule has 6 N–H and O–H groups in total. The van der Waals surface area contributed by atoms with E-state index in [2.05, 4.69) is 31.9 Å². The van der Waals surface area contributed by atoms with Crippen molar-refractivity contribution in [2.24, 2.45) is 17.3 Å². The van der Waals surface area contributed by atoms with Crippen molar-refractivity contribution in [2.45, 2.75) is 203 Å². The molecule has 67 heavy (non-hydrogen) atoms. The van der Waals surface area contributed by atoms with Crippen molar-refractivity contribution in [3.63, 3.8) is 0 Å². The molecule has 1 rings (SSSR count). The molecule has 1 aromatic rings. The van der Waals surface area contributed by atoms with Crippen LogP contribution >= 0.6 is 0 Å². The molecule has 17 nitrogen and oxygen atoms in total. The molecule has 17 heteroatoms. The number of carbonyl (C=O) groups excluding carboxylic acids is 7. The first kappa shape index (κ1) is 60.4. The lowest BCUT2D eigenvalue weighted by molar-refractivity contribution is -0.155. The average molecular weight is 947 g/mol. The van der Waals surface area contributed by atoms with E-state index < -0.39 is 106 Å². The fourth-order valence-electron chi connectivity index (χ4n) is 6.99. The quantitative estimate of drug-likeness (QED) is 0.0512. The number of benzene rings is 1. The Morgan fingerprint density at radius 3 is 1.72 bits per heavy atom. The van der Waals surface area contributed by atoms with Gasteiger partial charge in [-0.25, -0.2) is 0 Å². The lowest BCUT2D eigenvalue weighted by atomic mass is 9.85. The van der Waals surface area contributed by atoms with E-state index in [4.69, 9.17) is 18.9 Å². The number of aryl methyl sites for hydroxylation is 1. The van der Waals surface area contributed by atoms with Gasteiger partial charge in [0.1, 0.15) is 35.8 Å². The van der Waals surface area contributed by atoms with Gasteiger partial charge in [-0.3, -0.25) is 33.6 Å². The van der Waals surface area contributed by atoms with Gasteiger partial charge in [-0.2, -0.15) is 0 Å². The molecule has 0 aliphatic carbocycles. The molecule has 0 heterocycles. The minimum Gasteiger partial charge on any atom is -0.460 e. The van der Waals surface area contributed by atoms with E-state index in [1.807, 2.05) is 52.0 Å². The van der Waals surface area contributed by atoms with Gasteiger partial charge in [-0.15, -0.1) is 0 Å². The number of unbranched alkanes of at least 4 members (excludes halogenated alkanes) is 1. The van der Waals surface area contributed by atoms with Crippen LogP contribution in [0, 0.1) is 24.2 Å². The van der Waals surface area contributed by atoms with Crippen LogP contribution in [-0.2, 0) is 58.9 Å². The van der Waals surface area contributed by atoms with Crippen LogP contribution in [0.2, 0.25) is 0 Å². The van der Waals surface area contributed by atoms with Crippen molar-refractivity contribution in [1.29, 1.82) is 0 Å². The topological polar surface area (TPSA) is 229 Å². The molecular weight excluding hydrogens is 861 g/mol. The second-order valence-electron chi connectivity index (χ2n) is 21.1.